The van der Waals surface area contributed by atoms with E-state index in [2.05, 4.69) is 35.1 Å². The normalized spacial score (nSPS) is 26.7. The van der Waals surface area contributed by atoms with Crippen molar-refractivity contribution in [1.29, 1.82) is 0 Å². The van der Waals surface area contributed by atoms with Crippen LogP contribution in [0.1, 0.15) is 19.3 Å². The molecule has 1 aromatic carbocycles. The van der Waals surface area contributed by atoms with Crippen LogP contribution in [0.2, 0.25) is 0 Å². The van der Waals surface area contributed by atoms with Gasteiger partial charge in [-0.25, -0.2) is 0 Å². The van der Waals surface area contributed by atoms with Gasteiger partial charge >= 0.3 is 7.05 Å². The average molecular weight is 201 g/mol. The summed E-state index contributed by atoms with van der Waals surface area (Å²) < 4.78 is 5.91. The van der Waals surface area contributed by atoms with Crippen LogP contribution in [0.3, 0.4) is 0 Å². The average Bonchev–Trinajstić information content (AvgIpc) is 2.74. The van der Waals surface area contributed by atoms with Crippen molar-refractivity contribution in [3.63, 3.8) is 0 Å². The summed E-state index contributed by atoms with van der Waals surface area (Å²) in [7, 11) is 0.219. The fraction of sp³-hybridized carbons (Fsp3) is 0.500. The van der Waals surface area contributed by atoms with Crippen LogP contribution in [0.5, 0.6) is 0 Å². The van der Waals surface area contributed by atoms with E-state index >= 15 is 0 Å². The number of hydrogen-bond acceptors (Lipinski definition) is 2. The van der Waals surface area contributed by atoms with Crippen LogP contribution in [0, 0.1) is 0 Å². The lowest BCUT2D eigenvalue weighted by Gasteiger charge is -2.30. The van der Waals surface area contributed by atoms with E-state index in [4.69, 9.17) is 4.65 Å². The molecule has 0 aromatic heterocycles. The number of piperidine rings is 1. The first kappa shape index (κ1) is 9.43. The van der Waals surface area contributed by atoms with Gasteiger partial charge in [-0.1, -0.05) is 36.8 Å². The van der Waals surface area contributed by atoms with Gasteiger partial charge in [0, 0.05) is 12.6 Å². The number of benzene rings is 1. The van der Waals surface area contributed by atoms with Crippen LogP contribution >= 0.6 is 0 Å². The van der Waals surface area contributed by atoms with E-state index in [-0.39, 0.29) is 7.05 Å². The van der Waals surface area contributed by atoms with Crippen molar-refractivity contribution >= 4 is 12.5 Å². The summed E-state index contributed by atoms with van der Waals surface area (Å²) in [6.07, 6.45) is 4.00. The molecular formula is C12H16BNO. The zero-order chi connectivity index (χ0) is 10.1. The van der Waals surface area contributed by atoms with Gasteiger partial charge in [-0.15, -0.1) is 0 Å². The highest BCUT2D eigenvalue weighted by molar-refractivity contribution is 6.65. The third-order valence-electron chi connectivity index (χ3n) is 3.51. The van der Waals surface area contributed by atoms with Crippen LogP contribution in [0.25, 0.3) is 0 Å². The highest BCUT2D eigenvalue weighted by Gasteiger charge is 2.40. The minimum absolute atomic E-state index is 0.219. The van der Waals surface area contributed by atoms with Gasteiger partial charge in [0.2, 0.25) is 0 Å². The number of rotatable bonds is 1. The van der Waals surface area contributed by atoms with E-state index in [0.717, 1.165) is 6.61 Å². The molecule has 2 aliphatic heterocycles. The van der Waals surface area contributed by atoms with Crippen LogP contribution < -0.4 is 5.46 Å². The predicted molar refractivity (Wildman–Crippen MR) is 62.1 cm³/mol. The standard InChI is InChI=1S/C12H16BNO/c1-2-6-11(7-3-1)13-14-9-5-4-8-12(14)10-15-13/h1-3,6-7,12H,4-5,8-10H2. The van der Waals surface area contributed by atoms with Crippen molar-refractivity contribution < 1.29 is 4.65 Å². The van der Waals surface area contributed by atoms with Gasteiger partial charge in [-0.3, -0.25) is 0 Å². The number of hydrogen-bond donors (Lipinski definition) is 0. The first-order valence-corrected chi connectivity index (χ1v) is 5.87. The van der Waals surface area contributed by atoms with E-state index in [9.17, 15) is 0 Å². The van der Waals surface area contributed by atoms with Gasteiger partial charge in [0.05, 0.1) is 0 Å². The molecule has 2 aliphatic rings. The molecule has 15 heavy (non-hydrogen) atoms. The molecule has 1 atom stereocenters. The van der Waals surface area contributed by atoms with Crippen molar-refractivity contribution in [3.8, 4) is 0 Å². The Balaban J connectivity index is 1.82. The summed E-state index contributed by atoms with van der Waals surface area (Å²) in [5.74, 6) is 0. The van der Waals surface area contributed by atoms with E-state index in [1.165, 1.54) is 31.3 Å². The molecule has 1 unspecified atom stereocenters. The van der Waals surface area contributed by atoms with Gasteiger partial charge in [-0.05, 0) is 24.8 Å². The molecule has 0 aliphatic carbocycles. The molecule has 3 rings (SSSR count). The molecule has 2 nitrogen and oxygen atoms in total. The Labute approximate surface area is 91.4 Å². The molecule has 0 saturated carbocycles. The van der Waals surface area contributed by atoms with Gasteiger partial charge < -0.3 is 9.47 Å². The molecule has 2 heterocycles. The second kappa shape index (κ2) is 3.99. The Hall–Kier alpha value is -0.795. The fourth-order valence-corrected chi connectivity index (χ4v) is 2.71. The van der Waals surface area contributed by atoms with Crippen molar-refractivity contribution in [3.05, 3.63) is 30.3 Å². The highest BCUT2D eigenvalue weighted by Crippen LogP contribution is 2.23. The molecule has 0 amide bonds. The quantitative estimate of drug-likeness (QED) is 0.634. The van der Waals surface area contributed by atoms with Crippen LogP contribution in [-0.4, -0.2) is 31.1 Å². The Morgan fingerprint density at radius 1 is 1.20 bits per heavy atom. The largest absolute Gasteiger partial charge is 0.418 e. The van der Waals surface area contributed by atoms with Gasteiger partial charge in [0.15, 0.2) is 0 Å². The van der Waals surface area contributed by atoms with E-state index < -0.39 is 0 Å². The van der Waals surface area contributed by atoms with Gasteiger partial charge in [0.1, 0.15) is 0 Å². The monoisotopic (exact) mass is 201 g/mol. The van der Waals surface area contributed by atoms with Crippen molar-refractivity contribution in [2.45, 2.75) is 25.3 Å². The van der Waals surface area contributed by atoms with Crippen LogP contribution in [0.4, 0.5) is 0 Å². The maximum atomic E-state index is 5.91. The zero-order valence-electron chi connectivity index (χ0n) is 8.93. The lowest BCUT2D eigenvalue weighted by Crippen LogP contribution is -2.49. The third-order valence-corrected chi connectivity index (χ3v) is 3.51. The van der Waals surface area contributed by atoms with Crippen molar-refractivity contribution in [2.24, 2.45) is 0 Å². The Bertz CT molecular complexity index is 330. The van der Waals surface area contributed by atoms with E-state index in [1.54, 1.807) is 0 Å². The first-order chi connectivity index (χ1) is 7.45. The number of fused-ring (bicyclic) bond motifs is 1. The third kappa shape index (κ3) is 1.70. The summed E-state index contributed by atoms with van der Waals surface area (Å²) in [5.41, 5.74) is 1.31. The maximum absolute atomic E-state index is 5.91. The molecule has 3 heteroatoms. The second-order valence-electron chi connectivity index (χ2n) is 4.48. The summed E-state index contributed by atoms with van der Waals surface area (Å²) >= 11 is 0. The molecule has 0 N–H and O–H groups in total. The fourth-order valence-electron chi connectivity index (χ4n) is 2.71. The minimum atomic E-state index is 0.219. The molecule has 1 aromatic rings. The molecule has 0 spiro atoms. The first-order valence-electron chi connectivity index (χ1n) is 5.87. The Morgan fingerprint density at radius 2 is 2.07 bits per heavy atom. The molecule has 0 bridgehead atoms. The molecule has 78 valence electrons. The second-order valence-corrected chi connectivity index (χ2v) is 4.48. The zero-order valence-corrected chi connectivity index (χ0v) is 8.93. The van der Waals surface area contributed by atoms with Gasteiger partial charge in [-0.2, -0.15) is 0 Å². The summed E-state index contributed by atoms with van der Waals surface area (Å²) in [5, 5.41) is 0. The smallest absolute Gasteiger partial charge is 0.416 e. The summed E-state index contributed by atoms with van der Waals surface area (Å²) in [4.78, 5) is 2.53. The summed E-state index contributed by atoms with van der Waals surface area (Å²) in [6.45, 7) is 2.11. The molecule has 2 saturated heterocycles. The molecular weight excluding hydrogens is 185 g/mol. The lowest BCUT2D eigenvalue weighted by atomic mass is 9.71. The van der Waals surface area contributed by atoms with Crippen molar-refractivity contribution in [1.82, 2.24) is 4.81 Å². The van der Waals surface area contributed by atoms with Gasteiger partial charge in [0.25, 0.3) is 0 Å². The molecule has 2 fully saturated rings. The predicted octanol–water partition coefficient (Wildman–Crippen LogP) is 1.27. The lowest BCUT2D eigenvalue weighted by molar-refractivity contribution is 0.257. The van der Waals surface area contributed by atoms with Crippen LogP contribution in [0.15, 0.2) is 30.3 Å². The Morgan fingerprint density at radius 3 is 2.93 bits per heavy atom. The highest BCUT2D eigenvalue weighted by atomic mass is 16.5. The summed E-state index contributed by atoms with van der Waals surface area (Å²) in [6, 6.07) is 11.3. The Kier molecular flexibility index (Phi) is 2.51. The van der Waals surface area contributed by atoms with Crippen molar-refractivity contribution in [2.75, 3.05) is 13.2 Å². The number of nitrogens with zero attached hydrogens (tertiary/aromatic N) is 1. The maximum Gasteiger partial charge on any atom is 0.418 e. The molecule has 0 radical (unpaired) electrons. The van der Waals surface area contributed by atoms with Crippen LogP contribution in [-0.2, 0) is 4.65 Å². The minimum Gasteiger partial charge on any atom is -0.416 e. The topological polar surface area (TPSA) is 12.5 Å². The van der Waals surface area contributed by atoms with E-state index in [0.29, 0.717) is 6.04 Å². The van der Waals surface area contributed by atoms with E-state index in [1.807, 2.05) is 0 Å². The SMILES string of the molecule is c1ccc(B2OCC3CCCCN23)cc1.